The first-order valence-corrected chi connectivity index (χ1v) is 1.79. The summed E-state index contributed by atoms with van der Waals surface area (Å²) >= 11 is 0. The van der Waals surface area contributed by atoms with Gasteiger partial charge in [0.15, 0.2) is 0 Å². The molecule has 0 saturated carbocycles. The number of quaternary nitrogens is 1. The molecule has 0 fully saturated rings. The van der Waals surface area contributed by atoms with Crippen LogP contribution in [0.5, 0.6) is 0 Å². The first-order chi connectivity index (χ1) is 2.00. The van der Waals surface area contributed by atoms with E-state index in [1.54, 1.807) is 0 Å². The summed E-state index contributed by atoms with van der Waals surface area (Å²) in [7, 11) is 8.50. The first kappa shape index (κ1) is 9.74. The van der Waals surface area contributed by atoms with Gasteiger partial charge in [0.1, 0.15) is 0 Å². The molecule has 0 rings (SSSR count). The zero-order chi connectivity index (χ0) is 4.50. The summed E-state index contributed by atoms with van der Waals surface area (Å²) in [5, 5.41) is 0. The van der Waals surface area contributed by atoms with E-state index in [9.17, 15) is 0 Å². The molecule has 0 amide bonds. The van der Waals surface area contributed by atoms with Crippen LogP contribution in [0.3, 0.4) is 0 Å². The Kier molecular flexibility index (Phi) is 4.34. The van der Waals surface area contributed by atoms with Gasteiger partial charge in [-0.1, -0.05) is 0 Å². The maximum Gasteiger partial charge on any atom is 5.00 e. The van der Waals surface area contributed by atoms with Crippen molar-refractivity contribution in [1.29, 1.82) is 0 Å². The average Bonchev–Trinajstić information content (AvgIpc) is 0.722. The number of rotatable bonds is 0. The van der Waals surface area contributed by atoms with Gasteiger partial charge < -0.3 is 4.48 Å². The zero-order valence-corrected chi connectivity index (χ0v) is 6.29. The Labute approximate surface area is 51.8 Å². The third-order valence-corrected chi connectivity index (χ3v) is 0. The molecule has 0 N–H and O–H groups in total. The summed E-state index contributed by atoms with van der Waals surface area (Å²) in [4.78, 5) is 0. The zero-order valence-electron chi connectivity index (χ0n) is 4.89. The van der Waals surface area contributed by atoms with Crippen LogP contribution in [0, 0.1) is 0 Å². The van der Waals surface area contributed by atoms with E-state index in [-0.39, 0.29) is 18.6 Å². The van der Waals surface area contributed by atoms with Gasteiger partial charge in [-0.05, 0) is 0 Å². The Morgan fingerprint density at radius 2 is 0.833 bits per heavy atom. The van der Waals surface area contributed by atoms with Crippen LogP contribution in [0.4, 0.5) is 0 Å². The molecule has 0 saturated heterocycles. The summed E-state index contributed by atoms with van der Waals surface area (Å²) < 4.78 is 1.00. The smallest absolute Gasteiger partial charge is 0.333 e. The fraction of sp³-hybridized carbons (Fsp3) is 1.00. The van der Waals surface area contributed by atoms with Crippen LogP contribution >= 0.6 is 0 Å². The normalized spacial score (nSPS) is 10.0. The van der Waals surface area contributed by atoms with Crippen LogP contribution in [0.25, 0.3) is 0 Å². The molecule has 2 heteroatoms. The van der Waals surface area contributed by atoms with Crippen LogP contribution in [0.2, 0.25) is 0 Å². The molecule has 0 radical (unpaired) electrons. The second-order valence-electron chi connectivity index (χ2n) is 2.68. The molecule has 0 aliphatic carbocycles. The Morgan fingerprint density at radius 3 is 0.833 bits per heavy atom. The molecule has 0 bridgehead atoms. The van der Waals surface area contributed by atoms with Crippen molar-refractivity contribution < 1.29 is 23.0 Å². The molecular weight excluding hydrogens is 113 g/mol. The molecule has 0 unspecified atom stereocenters. The fourth-order valence-electron chi connectivity index (χ4n) is 0. The van der Waals surface area contributed by atoms with E-state index in [2.05, 4.69) is 28.2 Å². The maximum atomic E-state index is 2.12. The molecule has 0 aliphatic rings. The predicted molar refractivity (Wildman–Crippen MR) is 24.0 cm³/mol. The van der Waals surface area contributed by atoms with Crippen molar-refractivity contribution in [3.63, 3.8) is 0 Å². The summed E-state index contributed by atoms with van der Waals surface area (Å²) in [5.41, 5.74) is 0. The van der Waals surface area contributed by atoms with E-state index in [0.717, 1.165) is 4.48 Å². The Hall–Kier alpha value is 0.544. The molecule has 0 aromatic heterocycles. The second-order valence-corrected chi connectivity index (χ2v) is 2.68. The molecule has 0 aromatic carbocycles. The van der Waals surface area contributed by atoms with Crippen molar-refractivity contribution in [1.82, 2.24) is 0 Å². The van der Waals surface area contributed by atoms with Crippen molar-refractivity contribution in [3.8, 4) is 0 Å². The van der Waals surface area contributed by atoms with Gasteiger partial charge in [-0.3, -0.25) is 0 Å². The standard InChI is InChI=1S/C4H12N.V/c1-5(2,3)4;/h1-4H3;/q+1;+5. The third-order valence-electron chi connectivity index (χ3n) is 0. The van der Waals surface area contributed by atoms with Crippen LogP contribution in [-0.4, -0.2) is 32.7 Å². The molecule has 32 valence electrons. The minimum atomic E-state index is 0. The monoisotopic (exact) mass is 125 g/mol. The Bertz CT molecular complexity index is 23.0. The van der Waals surface area contributed by atoms with Gasteiger partial charge >= 0.3 is 18.6 Å². The second kappa shape index (κ2) is 2.67. The van der Waals surface area contributed by atoms with Crippen LogP contribution in [0.15, 0.2) is 0 Å². The molecular formula is C4H12NV+6. The van der Waals surface area contributed by atoms with Crippen LogP contribution in [-0.2, 0) is 18.6 Å². The van der Waals surface area contributed by atoms with Crippen LogP contribution < -0.4 is 0 Å². The van der Waals surface area contributed by atoms with E-state index >= 15 is 0 Å². The number of hydrogen-bond acceptors (Lipinski definition) is 0. The maximum absolute atomic E-state index is 2.12. The predicted octanol–water partition coefficient (Wildman–Crippen LogP) is 0.320. The van der Waals surface area contributed by atoms with Gasteiger partial charge in [-0.2, -0.15) is 0 Å². The van der Waals surface area contributed by atoms with Gasteiger partial charge in [-0.15, -0.1) is 0 Å². The number of nitrogens with zero attached hydrogens (tertiary/aromatic N) is 1. The van der Waals surface area contributed by atoms with E-state index < -0.39 is 0 Å². The van der Waals surface area contributed by atoms with E-state index in [0.29, 0.717) is 0 Å². The summed E-state index contributed by atoms with van der Waals surface area (Å²) in [6.45, 7) is 0. The fourth-order valence-corrected chi connectivity index (χ4v) is 0. The molecule has 0 aromatic rings. The topological polar surface area (TPSA) is 0 Å². The largest absolute Gasteiger partial charge is 5.00 e. The average molecular weight is 125 g/mol. The third kappa shape index (κ3) is 193. The Morgan fingerprint density at radius 1 is 0.833 bits per heavy atom. The van der Waals surface area contributed by atoms with Gasteiger partial charge in [-0.25, -0.2) is 0 Å². The molecule has 0 aliphatic heterocycles. The first-order valence-electron chi connectivity index (χ1n) is 1.79. The van der Waals surface area contributed by atoms with Gasteiger partial charge in [0.2, 0.25) is 0 Å². The summed E-state index contributed by atoms with van der Waals surface area (Å²) in [5.74, 6) is 0. The van der Waals surface area contributed by atoms with Gasteiger partial charge in [0.05, 0.1) is 28.2 Å². The molecule has 0 spiro atoms. The van der Waals surface area contributed by atoms with Crippen molar-refractivity contribution in [3.05, 3.63) is 0 Å². The molecule has 0 heterocycles. The Balaban J connectivity index is 0. The molecule has 1 nitrogen and oxygen atoms in total. The van der Waals surface area contributed by atoms with E-state index in [1.807, 2.05) is 0 Å². The van der Waals surface area contributed by atoms with E-state index in [1.165, 1.54) is 0 Å². The van der Waals surface area contributed by atoms with E-state index in [4.69, 9.17) is 0 Å². The summed E-state index contributed by atoms with van der Waals surface area (Å²) in [6, 6.07) is 0. The summed E-state index contributed by atoms with van der Waals surface area (Å²) in [6.07, 6.45) is 0. The van der Waals surface area contributed by atoms with Crippen molar-refractivity contribution in [2.45, 2.75) is 0 Å². The van der Waals surface area contributed by atoms with Crippen molar-refractivity contribution >= 4 is 0 Å². The van der Waals surface area contributed by atoms with Crippen LogP contribution in [0.1, 0.15) is 0 Å². The molecule has 0 atom stereocenters. The van der Waals surface area contributed by atoms with Crippen molar-refractivity contribution in [2.24, 2.45) is 0 Å². The quantitative estimate of drug-likeness (QED) is 0.409. The molecule has 6 heavy (non-hydrogen) atoms. The minimum absolute atomic E-state index is 0. The van der Waals surface area contributed by atoms with Gasteiger partial charge in [0, 0.05) is 0 Å². The SMILES string of the molecule is C[N+](C)(C)C.[V+5]. The minimum Gasteiger partial charge on any atom is -0.333 e. The number of hydrogen-bond donors (Lipinski definition) is 0. The van der Waals surface area contributed by atoms with Gasteiger partial charge in [0.25, 0.3) is 0 Å². The van der Waals surface area contributed by atoms with Crippen molar-refractivity contribution in [2.75, 3.05) is 28.2 Å².